The molecule has 0 aliphatic carbocycles. The van der Waals surface area contributed by atoms with Crippen molar-refractivity contribution in [2.75, 3.05) is 5.32 Å². The third-order valence-electron chi connectivity index (χ3n) is 3.12. The van der Waals surface area contributed by atoms with E-state index in [9.17, 15) is 13.0 Å². The summed E-state index contributed by atoms with van der Waals surface area (Å²) in [5.41, 5.74) is 0.339. The lowest BCUT2D eigenvalue weighted by atomic mass is 10.1. The molecule has 22 heavy (non-hydrogen) atoms. The summed E-state index contributed by atoms with van der Waals surface area (Å²) in [5, 5.41) is 4.22. The zero-order chi connectivity index (χ0) is 15.7. The Kier molecular flexibility index (Phi) is 4.05. The fourth-order valence-electron chi connectivity index (χ4n) is 2.21. The Bertz CT molecular complexity index is 938. The van der Waals surface area contributed by atoms with Crippen molar-refractivity contribution in [3.63, 3.8) is 0 Å². The smallest absolute Gasteiger partial charge is 0.297 e. The molecule has 0 aliphatic rings. The zero-order valence-electron chi connectivity index (χ0n) is 11.2. The molecule has 2 N–H and O–H groups in total. The molecule has 2 aromatic carbocycles. The van der Waals surface area contributed by atoms with E-state index in [-0.39, 0.29) is 4.90 Å². The van der Waals surface area contributed by atoms with Crippen LogP contribution in [0, 0.1) is 0 Å². The number of aromatic nitrogens is 1. The highest BCUT2D eigenvalue weighted by Crippen LogP contribution is 2.31. The molecule has 0 saturated heterocycles. The molecule has 0 atom stereocenters. The maximum absolute atomic E-state index is 11.8. The van der Waals surface area contributed by atoms with Crippen molar-refractivity contribution in [1.29, 1.82) is 0 Å². The van der Waals surface area contributed by atoms with Gasteiger partial charge in [-0.3, -0.25) is 4.55 Å². The van der Waals surface area contributed by atoms with E-state index < -0.39 is 10.1 Å². The van der Waals surface area contributed by atoms with Gasteiger partial charge in [-0.1, -0.05) is 41.9 Å². The molecule has 114 valence electrons. The first-order valence-electron chi connectivity index (χ1n) is 6.28. The average Bonchev–Trinajstić information content (AvgIpc) is 2.89. The topological polar surface area (TPSA) is 79.3 Å². The van der Waals surface area contributed by atoms with E-state index in [0.717, 1.165) is 10.3 Å². The van der Waals surface area contributed by atoms with Crippen molar-refractivity contribution in [2.45, 2.75) is 11.4 Å². The fraction of sp³-hybridized carbons (Fsp3) is 0.0714. The van der Waals surface area contributed by atoms with Gasteiger partial charge < -0.3 is 5.32 Å². The second-order valence-electron chi connectivity index (χ2n) is 4.57. The van der Waals surface area contributed by atoms with Crippen molar-refractivity contribution in [3.8, 4) is 0 Å². The number of nitrogens with zero attached hydrogens (tertiary/aromatic N) is 1. The molecular weight excluding hydrogens is 344 g/mol. The second kappa shape index (κ2) is 5.85. The van der Waals surface area contributed by atoms with Gasteiger partial charge in [-0.25, -0.2) is 4.98 Å². The number of rotatable bonds is 4. The first kappa shape index (κ1) is 15.2. The fourth-order valence-corrected chi connectivity index (χ4v) is 4.01. The summed E-state index contributed by atoms with van der Waals surface area (Å²) in [6.07, 6.45) is 1.62. The highest BCUT2D eigenvalue weighted by Gasteiger charge is 2.19. The van der Waals surface area contributed by atoms with E-state index >= 15 is 0 Å². The van der Waals surface area contributed by atoms with Crippen LogP contribution < -0.4 is 5.32 Å². The summed E-state index contributed by atoms with van der Waals surface area (Å²) in [6.45, 7) is 0.366. The van der Waals surface area contributed by atoms with Crippen LogP contribution in [0.2, 0.25) is 4.47 Å². The average molecular weight is 355 g/mol. The number of fused-ring (bicyclic) bond motifs is 1. The Labute approximate surface area is 136 Å². The predicted molar refractivity (Wildman–Crippen MR) is 88.2 cm³/mol. The molecule has 0 saturated carbocycles. The molecule has 3 rings (SSSR count). The molecule has 8 heteroatoms. The number of hydrogen-bond acceptors (Lipinski definition) is 5. The van der Waals surface area contributed by atoms with E-state index in [0.29, 0.717) is 22.1 Å². The zero-order valence-corrected chi connectivity index (χ0v) is 13.5. The molecule has 5 nitrogen and oxygen atoms in total. The summed E-state index contributed by atoms with van der Waals surface area (Å²) >= 11 is 7.07. The van der Waals surface area contributed by atoms with E-state index in [1.54, 1.807) is 36.5 Å². The minimum atomic E-state index is -4.36. The predicted octanol–water partition coefficient (Wildman–Crippen LogP) is 3.81. The van der Waals surface area contributed by atoms with E-state index in [1.165, 1.54) is 11.3 Å². The summed E-state index contributed by atoms with van der Waals surface area (Å²) < 4.78 is 33.5. The van der Waals surface area contributed by atoms with E-state index in [2.05, 4.69) is 10.3 Å². The molecule has 0 aliphatic heterocycles. The maximum Gasteiger partial charge on any atom is 0.297 e. The van der Waals surface area contributed by atoms with Gasteiger partial charge in [0.25, 0.3) is 10.1 Å². The van der Waals surface area contributed by atoms with Crippen LogP contribution >= 0.6 is 22.9 Å². The van der Waals surface area contributed by atoms with Crippen LogP contribution in [0.15, 0.2) is 47.5 Å². The van der Waals surface area contributed by atoms with Crippen LogP contribution in [0.1, 0.15) is 4.88 Å². The summed E-state index contributed by atoms with van der Waals surface area (Å²) in [7, 11) is -4.36. The number of anilines is 1. The van der Waals surface area contributed by atoms with Gasteiger partial charge in [-0.2, -0.15) is 8.42 Å². The van der Waals surface area contributed by atoms with Crippen LogP contribution in [-0.4, -0.2) is 18.0 Å². The van der Waals surface area contributed by atoms with Crippen molar-refractivity contribution in [2.24, 2.45) is 0 Å². The number of hydrogen-bond donors (Lipinski definition) is 2. The summed E-state index contributed by atoms with van der Waals surface area (Å²) in [5.74, 6) is 0. The van der Waals surface area contributed by atoms with Gasteiger partial charge in [-0.15, -0.1) is 11.3 Å². The van der Waals surface area contributed by atoms with Crippen molar-refractivity contribution < 1.29 is 13.0 Å². The first-order chi connectivity index (χ1) is 10.4. The van der Waals surface area contributed by atoms with Crippen LogP contribution in [-0.2, 0) is 16.7 Å². The summed E-state index contributed by atoms with van der Waals surface area (Å²) in [6, 6.07) is 10.4. The van der Waals surface area contributed by atoms with Gasteiger partial charge in [0, 0.05) is 16.5 Å². The van der Waals surface area contributed by atoms with Crippen molar-refractivity contribution >= 4 is 49.5 Å². The molecule has 0 radical (unpaired) electrons. The lowest BCUT2D eigenvalue weighted by Crippen LogP contribution is -2.07. The largest absolute Gasteiger partial charge is 0.379 e. The van der Waals surface area contributed by atoms with Crippen LogP contribution in [0.3, 0.4) is 0 Å². The number of benzene rings is 2. The number of nitrogens with one attached hydrogen (secondary N) is 1. The lowest BCUT2D eigenvalue weighted by Gasteiger charge is -2.12. The number of halogens is 1. The lowest BCUT2D eigenvalue weighted by molar-refractivity contribution is 0.484. The Morgan fingerprint density at radius 1 is 1.23 bits per heavy atom. The normalized spacial score (nSPS) is 11.7. The Morgan fingerprint density at radius 3 is 2.68 bits per heavy atom. The van der Waals surface area contributed by atoms with Crippen molar-refractivity contribution in [1.82, 2.24) is 4.98 Å². The Balaban J connectivity index is 2.05. The van der Waals surface area contributed by atoms with Gasteiger partial charge >= 0.3 is 0 Å². The van der Waals surface area contributed by atoms with Gasteiger partial charge in [0.1, 0.15) is 4.90 Å². The standard InChI is InChI=1S/C14H11ClN2O3S2/c15-14-17-8-10(21-14)7-16-12-6-5-9-3-1-2-4-11(9)13(12)22(18,19)20/h1-6,8,16H,7H2,(H,18,19,20). The van der Waals surface area contributed by atoms with E-state index in [4.69, 9.17) is 11.6 Å². The Morgan fingerprint density at radius 2 is 2.00 bits per heavy atom. The molecule has 0 amide bonds. The molecule has 3 aromatic rings. The van der Waals surface area contributed by atoms with Crippen LogP contribution in [0.5, 0.6) is 0 Å². The molecule has 1 heterocycles. The number of thiazole rings is 1. The molecule has 0 fully saturated rings. The SMILES string of the molecule is O=S(=O)(O)c1c(NCc2cnc(Cl)s2)ccc2ccccc12. The highest BCUT2D eigenvalue weighted by atomic mass is 35.5. The highest BCUT2D eigenvalue weighted by molar-refractivity contribution is 7.86. The van der Waals surface area contributed by atoms with Gasteiger partial charge in [-0.05, 0) is 11.5 Å². The molecule has 0 unspecified atom stereocenters. The first-order valence-corrected chi connectivity index (χ1v) is 8.92. The van der Waals surface area contributed by atoms with Gasteiger partial charge in [0.05, 0.1) is 12.2 Å². The third kappa shape index (κ3) is 3.07. The second-order valence-corrected chi connectivity index (χ2v) is 7.63. The molecular formula is C14H11ClN2O3S2. The van der Waals surface area contributed by atoms with Crippen LogP contribution in [0.25, 0.3) is 10.8 Å². The minimum Gasteiger partial charge on any atom is -0.379 e. The molecule has 0 spiro atoms. The quantitative estimate of drug-likeness (QED) is 0.696. The van der Waals surface area contributed by atoms with Gasteiger partial charge in [0.2, 0.25) is 0 Å². The molecule has 1 aromatic heterocycles. The van der Waals surface area contributed by atoms with Crippen LogP contribution in [0.4, 0.5) is 5.69 Å². The minimum absolute atomic E-state index is 0.124. The maximum atomic E-state index is 11.8. The van der Waals surface area contributed by atoms with E-state index in [1.807, 2.05) is 6.07 Å². The molecule has 0 bridgehead atoms. The third-order valence-corrected chi connectivity index (χ3v) is 5.19. The van der Waals surface area contributed by atoms with Gasteiger partial charge in [0.15, 0.2) is 4.47 Å². The Hall–Kier alpha value is -1.67. The van der Waals surface area contributed by atoms with Crippen molar-refractivity contribution in [3.05, 3.63) is 51.9 Å². The monoisotopic (exact) mass is 354 g/mol. The summed E-state index contributed by atoms with van der Waals surface area (Å²) in [4.78, 5) is 4.66.